The van der Waals surface area contributed by atoms with Crippen LogP contribution in [-0.2, 0) is 0 Å². The molecule has 5 heteroatoms. The van der Waals surface area contributed by atoms with Crippen molar-refractivity contribution in [3.8, 4) is 11.9 Å². The average molecular weight is 225 g/mol. The third kappa shape index (κ3) is 1.80. The largest absolute Gasteiger partial charge is 0.480 e. The summed E-state index contributed by atoms with van der Waals surface area (Å²) in [4.78, 5) is 8.24. The van der Waals surface area contributed by atoms with Crippen LogP contribution in [0.3, 0.4) is 0 Å². The van der Waals surface area contributed by atoms with Crippen molar-refractivity contribution < 1.29 is 9.47 Å². The summed E-state index contributed by atoms with van der Waals surface area (Å²) in [5.41, 5.74) is 0.739. The molecule has 0 unspecified atom stereocenters. The van der Waals surface area contributed by atoms with E-state index in [0.717, 1.165) is 10.9 Å². The molecule has 0 saturated heterocycles. The molecule has 2 rings (SSSR count). The number of methoxy groups -OCH3 is 2. The van der Waals surface area contributed by atoms with Crippen LogP contribution in [-0.4, -0.2) is 24.2 Å². The fourth-order valence-corrected chi connectivity index (χ4v) is 1.47. The normalized spacial score (nSPS) is 10.3. The summed E-state index contributed by atoms with van der Waals surface area (Å²) in [5, 5.41) is 1.39. The summed E-state index contributed by atoms with van der Waals surface area (Å²) in [6.45, 7) is 0. The Morgan fingerprint density at radius 1 is 1.13 bits per heavy atom. The van der Waals surface area contributed by atoms with E-state index in [9.17, 15) is 0 Å². The van der Waals surface area contributed by atoms with Gasteiger partial charge in [0.15, 0.2) is 0 Å². The first-order valence-electron chi connectivity index (χ1n) is 4.30. The SMILES string of the molecule is COc1nc(OC)c2cc(Cl)ccc2n1. The van der Waals surface area contributed by atoms with Gasteiger partial charge in [-0.2, -0.15) is 9.97 Å². The molecule has 0 spiro atoms. The molecule has 0 N–H and O–H groups in total. The fourth-order valence-electron chi connectivity index (χ4n) is 1.30. The molecule has 15 heavy (non-hydrogen) atoms. The van der Waals surface area contributed by atoms with Crippen LogP contribution in [0.25, 0.3) is 10.9 Å². The van der Waals surface area contributed by atoms with E-state index in [1.165, 1.54) is 7.11 Å². The maximum atomic E-state index is 5.88. The van der Waals surface area contributed by atoms with Gasteiger partial charge >= 0.3 is 6.01 Å². The highest BCUT2D eigenvalue weighted by atomic mass is 35.5. The van der Waals surface area contributed by atoms with Gasteiger partial charge in [0, 0.05) is 5.02 Å². The number of rotatable bonds is 2. The van der Waals surface area contributed by atoms with Gasteiger partial charge in [-0.3, -0.25) is 0 Å². The molecule has 1 heterocycles. The minimum atomic E-state index is 0.279. The molecule has 1 aromatic heterocycles. The summed E-state index contributed by atoms with van der Waals surface area (Å²) >= 11 is 5.88. The average Bonchev–Trinajstić information content (AvgIpc) is 2.27. The highest BCUT2D eigenvalue weighted by Crippen LogP contribution is 2.26. The van der Waals surface area contributed by atoms with Gasteiger partial charge < -0.3 is 9.47 Å². The second-order valence-electron chi connectivity index (χ2n) is 2.88. The summed E-state index contributed by atoms with van der Waals surface area (Å²) in [6.07, 6.45) is 0. The predicted molar refractivity (Wildman–Crippen MR) is 57.7 cm³/mol. The zero-order valence-electron chi connectivity index (χ0n) is 8.32. The zero-order valence-corrected chi connectivity index (χ0v) is 9.08. The number of benzene rings is 1. The van der Waals surface area contributed by atoms with Gasteiger partial charge in [-0.25, -0.2) is 0 Å². The van der Waals surface area contributed by atoms with Gasteiger partial charge in [-0.1, -0.05) is 11.6 Å². The van der Waals surface area contributed by atoms with Crippen molar-refractivity contribution in [3.63, 3.8) is 0 Å². The molecular formula is C10H9ClN2O2. The summed E-state index contributed by atoms with van der Waals surface area (Å²) < 4.78 is 10.1. The summed E-state index contributed by atoms with van der Waals surface area (Å²) in [7, 11) is 3.05. The van der Waals surface area contributed by atoms with E-state index in [4.69, 9.17) is 21.1 Å². The van der Waals surface area contributed by atoms with Crippen LogP contribution in [0.2, 0.25) is 5.02 Å². The van der Waals surface area contributed by atoms with Crippen molar-refractivity contribution in [2.24, 2.45) is 0 Å². The van der Waals surface area contributed by atoms with Gasteiger partial charge in [-0.15, -0.1) is 0 Å². The van der Waals surface area contributed by atoms with E-state index in [-0.39, 0.29) is 6.01 Å². The Hall–Kier alpha value is -1.55. The Kier molecular flexibility index (Phi) is 2.60. The molecule has 1 aromatic carbocycles. The van der Waals surface area contributed by atoms with Crippen molar-refractivity contribution in [2.45, 2.75) is 0 Å². The standard InChI is InChI=1S/C10H9ClN2O2/c1-14-9-7-5-6(11)3-4-8(7)12-10(13-9)15-2/h3-5H,1-2H3. The van der Waals surface area contributed by atoms with Crippen LogP contribution >= 0.6 is 11.6 Å². The van der Waals surface area contributed by atoms with E-state index in [2.05, 4.69) is 9.97 Å². The molecule has 0 amide bonds. The minimum absolute atomic E-state index is 0.279. The lowest BCUT2D eigenvalue weighted by Gasteiger charge is -2.06. The van der Waals surface area contributed by atoms with Crippen molar-refractivity contribution in [2.75, 3.05) is 14.2 Å². The monoisotopic (exact) mass is 224 g/mol. The zero-order chi connectivity index (χ0) is 10.8. The Bertz CT molecular complexity index is 502. The molecule has 0 aliphatic heterocycles. The van der Waals surface area contributed by atoms with Gasteiger partial charge in [0.05, 0.1) is 25.1 Å². The Balaban J connectivity index is 2.75. The lowest BCUT2D eigenvalue weighted by Crippen LogP contribution is -1.96. The molecule has 0 atom stereocenters. The Morgan fingerprint density at radius 2 is 1.93 bits per heavy atom. The van der Waals surface area contributed by atoms with Gasteiger partial charge in [0.2, 0.25) is 5.88 Å². The van der Waals surface area contributed by atoms with Gasteiger partial charge in [0.25, 0.3) is 0 Å². The quantitative estimate of drug-likeness (QED) is 0.785. The number of ether oxygens (including phenoxy) is 2. The number of halogens is 1. The molecule has 0 bridgehead atoms. The van der Waals surface area contributed by atoms with Crippen LogP contribution in [0, 0.1) is 0 Å². The van der Waals surface area contributed by atoms with Crippen LogP contribution < -0.4 is 9.47 Å². The number of aromatic nitrogens is 2. The Morgan fingerprint density at radius 3 is 2.60 bits per heavy atom. The molecule has 0 fully saturated rings. The van der Waals surface area contributed by atoms with Crippen molar-refractivity contribution in [1.29, 1.82) is 0 Å². The fraction of sp³-hybridized carbons (Fsp3) is 0.200. The lowest BCUT2D eigenvalue weighted by molar-refractivity contribution is 0.357. The Labute approximate surface area is 91.8 Å². The second-order valence-corrected chi connectivity index (χ2v) is 3.32. The highest BCUT2D eigenvalue weighted by Gasteiger charge is 2.08. The number of nitrogens with zero attached hydrogens (tertiary/aromatic N) is 2. The maximum absolute atomic E-state index is 5.88. The van der Waals surface area contributed by atoms with E-state index >= 15 is 0 Å². The van der Waals surface area contributed by atoms with Gasteiger partial charge in [0.1, 0.15) is 0 Å². The van der Waals surface area contributed by atoms with E-state index < -0.39 is 0 Å². The van der Waals surface area contributed by atoms with Crippen LogP contribution in [0.1, 0.15) is 0 Å². The van der Waals surface area contributed by atoms with Gasteiger partial charge in [-0.05, 0) is 18.2 Å². The maximum Gasteiger partial charge on any atom is 0.320 e. The van der Waals surface area contributed by atoms with Crippen molar-refractivity contribution >= 4 is 22.5 Å². The first-order chi connectivity index (χ1) is 7.24. The van der Waals surface area contributed by atoms with Crippen LogP contribution in [0.5, 0.6) is 11.9 Å². The van der Waals surface area contributed by atoms with Crippen LogP contribution in [0.4, 0.5) is 0 Å². The topological polar surface area (TPSA) is 44.2 Å². The van der Waals surface area contributed by atoms with E-state index in [1.807, 2.05) is 0 Å². The van der Waals surface area contributed by atoms with E-state index in [0.29, 0.717) is 10.9 Å². The molecule has 0 saturated carbocycles. The third-order valence-electron chi connectivity index (χ3n) is 1.98. The first-order valence-corrected chi connectivity index (χ1v) is 4.67. The summed E-state index contributed by atoms with van der Waals surface area (Å²) in [6, 6.07) is 5.59. The summed E-state index contributed by atoms with van der Waals surface area (Å²) in [5.74, 6) is 0.458. The highest BCUT2D eigenvalue weighted by molar-refractivity contribution is 6.31. The minimum Gasteiger partial charge on any atom is -0.480 e. The third-order valence-corrected chi connectivity index (χ3v) is 2.21. The number of hydrogen-bond acceptors (Lipinski definition) is 4. The molecular weight excluding hydrogens is 216 g/mol. The number of hydrogen-bond donors (Lipinski definition) is 0. The smallest absolute Gasteiger partial charge is 0.320 e. The lowest BCUT2D eigenvalue weighted by atomic mass is 10.2. The van der Waals surface area contributed by atoms with Crippen molar-refractivity contribution in [1.82, 2.24) is 9.97 Å². The predicted octanol–water partition coefficient (Wildman–Crippen LogP) is 2.30. The first kappa shape index (κ1) is 9.98. The molecule has 78 valence electrons. The molecule has 0 aliphatic rings. The van der Waals surface area contributed by atoms with Crippen molar-refractivity contribution in [3.05, 3.63) is 23.2 Å². The molecule has 0 radical (unpaired) electrons. The number of fused-ring (bicyclic) bond motifs is 1. The molecule has 0 aliphatic carbocycles. The second kappa shape index (κ2) is 3.90. The molecule has 2 aromatic rings. The van der Waals surface area contributed by atoms with Crippen LogP contribution in [0.15, 0.2) is 18.2 Å². The van der Waals surface area contributed by atoms with E-state index in [1.54, 1.807) is 25.3 Å². The molecule has 4 nitrogen and oxygen atoms in total.